The minimum atomic E-state index is -1.13. The number of hydrogen-bond donors (Lipinski definition) is 3. The summed E-state index contributed by atoms with van der Waals surface area (Å²) in [5.41, 5.74) is -0.0520. The number of H-pyrrole nitrogens is 1. The van der Waals surface area contributed by atoms with Crippen molar-refractivity contribution in [2.75, 3.05) is 18.5 Å². The summed E-state index contributed by atoms with van der Waals surface area (Å²) in [6, 6.07) is 0. The molecule has 8 nitrogen and oxygen atoms in total. The number of ether oxygens (including phenoxy) is 1. The van der Waals surface area contributed by atoms with Crippen molar-refractivity contribution in [2.45, 2.75) is 12.0 Å². The van der Waals surface area contributed by atoms with Crippen LogP contribution in [0.15, 0.2) is 12.7 Å². The van der Waals surface area contributed by atoms with Crippen molar-refractivity contribution in [3.63, 3.8) is 0 Å². The second-order valence-corrected chi connectivity index (χ2v) is 4.14. The van der Waals surface area contributed by atoms with Gasteiger partial charge < -0.3 is 20.1 Å². The predicted molar refractivity (Wildman–Crippen MR) is 61.1 cm³/mol. The summed E-state index contributed by atoms with van der Waals surface area (Å²) in [6.07, 6.45) is 3.22. The molecule has 1 atom stereocenters. The zero-order valence-corrected chi connectivity index (χ0v) is 9.38. The van der Waals surface area contributed by atoms with E-state index in [0.717, 1.165) is 0 Å². The molecule has 1 fully saturated rings. The first-order valence-corrected chi connectivity index (χ1v) is 5.45. The molecule has 94 valence electrons. The molecule has 1 saturated heterocycles. The van der Waals surface area contributed by atoms with Crippen LogP contribution in [-0.4, -0.2) is 49.8 Å². The van der Waals surface area contributed by atoms with E-state index in [2.05, 4.69) is 25.3 Å². The van der Waals surface area contributed by atoms with E-state index in [1.165, 1.54) is 12.7 Å². The number of anilines is 1. The molecule has 1 aliphatic heterocycles. The maximum Gasteiger partial charge on any atom is 0.331 e. The molecule has 3 rings (SSSR count). The average molecular weight is 249 g/mol. The molecule has 0 saturated carbocycles. The van der Waals surface area contributed by atoms with Crippen LogP contribution in [0.1, 0.15) is 6.42 Å². The second-order valence-electron chi connectivity index (χ2n) is 4.14. The molecule has 0 aliphatic carbocycles. The predicted octanol–water partition coefficient (Wildman–Crippen LogP) is 0.00850. The Morgan fingerprint density at radius 1 is 1.50 bits per heavy atom. The van der Waals surface area contributed by atoms with Crippen LogP contribution >= 0.6 is 0 Å². The average Bonchev–Trinajstić information content (AvgIpc) is 2.98. The SMILES string of the molecule is O=C(O)C1(Nc2ncnc3nc[nH]c23)CCOC1. The molecular formula is C10H11N5O3. The number of carboxylic acids is 1. The van der Waals surface area contributed by atoms with Gasteiger partial charge in [0, 0.05) is 13.0 Å². The Morgan fingerprint density at radius 3 is 3.11 bits per heavy atom. The maximum atomic E-state index is 11.4. The monoisotopic (exact) mass is 249 g/mol. The van der Waals surface area contributed by atoms with Crippen molar-refractivity contribution in [1.29, 1.82) is 0 Å². The lowest BCUT2D eigenvalue weighted by Crippen LogP contribution is -2.47. The van der Waals surface area contributed by atoms with Crippen molar-refractivity contribution in [2.24, 2.45) is 0 Å². The Morgan fingerprint density at radius 2 is 2.39 bits per heavy atom. The lowest BCUT2D eigenvalue weighted by atomic mass is 9.99. The minimum absolute atomic E-state index is 0.113. The van der Waals surface area contributed by atoms with Crippen molar-refractivity contribution in [3.05, 3.63) is 12.7 Å². The summed E-state index contributed by atoms with van der Waals surface area (Å²) in [7, 11) is 0. The van der Waals surface area contributed by atoms with Gasteiger partial charge in [0.2, 0.25) is 0 Å². The number of rotatable bonds is 3. The molecule has 0 amide bonds. The highest BCUT2D eigenvalue weighted by molar-refractivity contribution is 5.88. The van der Waals surface area contributed by atoms with E-state index in [9.17, 15) is 9.90 Å². The third kappa shape index (κ3) is 1.58. The van der Waals surface area contributed by atoms with E-state index in [4.69, 9.17) is 4.74 Å². The van der Waals surface area contributed by atoms with Gasteiger partial charge in [0.15, 0.2) is 17.0 Å². The molecule has 2 aromatic heterocycles. The Labute approximate surface area is 101 Å². The quantitative estimate of drug-likeness (QED) is 0.702. The van der Waals surface area contributed by atoms with Gasteiger partial charge in [-0.25, -0.2) is 19.7 Å². The van der Waals surface area contributed by atoms with Gasteiger partial charge >= 0.3 is 5.97 Å². The Balaban J connectivity index is 2.00. The number of imidazole rings is 1. The van der Waals surface area contributed by atoms with Gasteiger partial charge in [-0.15, -0.1) is 0 Å². The van der Waals surface area contributed by atoms with Gasteiger partial charge in [0.1, 0.15) is 11.8 Å². The summed E-state index contributed by atoms with van der Waals surface area (Å²) in [5.74, 6) is -0.531. The zero-order chi connectivity index (χ0) is 12.6. The van der Waals surface area contributed by atoms with Gasteiger partial charge in [0.05, 0.1) is 12.9 Å². The number of aromatic nitrogens is 4. The standard InChI is InChI=1S/C10H11N5O3/c16-9(17)10(1-2-18-3-10)15-8-6-7(12-4-11-6)13-5-14-8/h4-5H,1-3H2,(H,16,17)(H2,11,12,13,14,15). The molecular weight excluding hydrogens is 238 g/mol. The van der Waals surface area contributed by atoms with Crippen LogP contribution in [0.2, 0.25) is 0 Å². The summed E-state index contributed by atoms with van der Waals surface area (Å²) in [5, 5.41) is 12.3. The van der Waals surface area contributed by atoms with Gasteiger partial charge in [-0.1, -0.05) is 0 Å². The molecule has 18 heavy (non-hydrogen) atoms. The Bertz CT molecular complexity index is 590. The Hall–Kier alpha value is -2.22. The van der Waals surface area contributed by atoms with Crippen LogP contribution < -0.4 is 5.32 Å². The topological polar surface area (TPSA) is 113 Å². The van der Waals surface area contributed by atoms with E-state index in [-0.39, 0.29) is 6.61 Å². The second kappa shape index (κ2) is 3.91. The van der Waals surface area contributed by atoms with E-state index in [1.54, 1.807) is 0 Å². The highest BCUT2D eigenvalue weighted by Crippen LogP contribution is 2.26. The van der Waals surface area contributed by atoms with Crippen LogP contribution in [0.3, 0.4) is 0 Å². The first-order valence-electron chi connectivity index (χ1n) is 5.45. The number of aromatic amines is 1. The molecule has 3 heterocycles. The van der Waals surface area contributed by atoms with E-state index >= 15 is 0 Å². The number of hydrogen-bond acceptors (Lipinski definition) is 6. The van der Waals surface area contributed by atoms with Crippen LogP contribution in [0, 0.1) is 0 Å². The lowest BCUT2D eigenvalue weighted by molar-refractivity contribution is -0.142. The fourth-order valence-corrected chi connectivity index (χ4v) is 1.97. The fraction of sp³-hybridized carbons (Fsp3) is 0.400. The first-order chi connectivity index (χ1) is 8.71. The first kappa shape index (κ1) is 10.9. The minimum Gasteiger partial charge on any atom is -0.479 e. The maximum absolute atomic E-state index is 11.4. The van der Waals surface area contributed by atoms with E-state index in [0.29, 0.717) is 30.0 Å². The normalized spacial score (nSPS) is 23.3. The molecule has 3 N–H and O–H groups in total. The number of carbonyl (C=O) groups is 1. The molecule has 0 aromatic carbocycles. The molecule has 8 heteroatoms. The number of nitrogens with zero attached hydrogens (tertiary/aromatic N) is 3. The number of aliphatic carboxylic acids is 1. The highest BCUT2D eigenvalue weighted by Gasteiger charge is 2.43. The number of carboxylic acid groups (broad SMARTS) is 1. The summed E-state index contributed by atoms with van der Waals surface area (Å²) < 4.78 is 5.17. The summed E-state index contributed by atoms with van der Waals surface area (Å²) in [6.45, 7) is 0.526. The molecule has 2 aromatic rings. The van der Waals surface area contributed by atoms with Crippen molar-refractivity contribution in [3.8, 4) is 0 Å². The molecule has 0 radical (unpaired) electrons. The molecule has 0 bridgehead atoms. The zero-order valence-electron chi connectivity index (χ0n) is 9.38. The number of nitrogens with one attached hydrogen (secondary N) is 2. The van der Waals surface area contributed by atoms with Crippen LogP contribution in [-0.2, 0) is 9.53 Å². The third-order valence-electron chi connectivity index (χ3n) is 3.01. The Kier molecular flexibility index (Phi) is 2.37. The highest BCUT2D eigenvalue weighted by atomic mass is 16.5. The van der Waals surface area contributed by atoms with Gasteiger partial charge in [-0.05, 0) is 0 Å². The smallest absolute Gasteiger partial charge is 0.331 e. The molecule has 1 unspecified atom stereocenters. The van der Waals surface area contributed by atoms with Gasteiger partial charge in [-0.3, -0.25) is 0 Å². The van der Waals surface area contributed by atoms with Crippen LogP contribution in [0.4, 0.5) is 5.82 Å². The summed E-state index contributed by atoms with van der Waals surface area (Å²) >= 11 is 0. The summed E-state index contributed by atoms with van der Waals surface area (Å²) in [4.78, 5) is 26.3. The van der Waals surface area contributed by atoms with Crippen molar-refractivity contribution >= 4 is 23.0 Å². The van der Waals surface area contributed by atoms with Crippen LogP contribution in [0.5, 0.6) is 0 Å². The van der Waals surface area contributed by atoms with Gasteiger partial charge in [0.25, 0.3) is 0 Å². The lowest BCUT2D eigenvalue weighted by Gasteiger charge is -2.24. The van der Waals surface area contributed by atoms with Crippen molar-refractivity contribution in [1.82, 2.24) is 19.9 Å². The third-order valence-corrected chi connectivity index (χ3v) is 3.01. The molecule has 1 aliphatic rings. The van der Waals surface area contributed by atoms with Gasteiger partial charge in [-0.2, -0.15) is 0 Å². The van der Waals surface area contributed by atoms with E-state index < -0.39 is 11.5 Å². The number of fused-ring (bicyclic) bond motifs is 1. The van der Waals surface area contributed by atoms with E-state index in [1.807, 2.05) is 0 Å². The van der Waals surface area contributed by atoms with Crippen molar-refractivity contribution < 1.29 is 14.6 Å². The van der Waals surface area contributed by atoms with Crippen LogP contribution in [0.25, 0.3) is 11.2 Å². The fourth-order valence-electron chi connectivity index (χ4n) is 1.97. The largest absolute Gasteiger partial charge is 0.479 e. The molecule has 0 spiro atoms.